The number of aryl methyl sites for hydroxylation is 1. The summed E-state index contributed by atoms with van der Waals surface area (Å²) in [5.74, 6) is 1.78. The van der Waals surface area contributed by atoms with Crippen molar-refractivity contribution < 1.29 is 43.1 Å². The van der Waals surface area contributed by atoms with Crippen molar-refractivity contribution in [2.45, 2.75) is 96.2 Å². The van der Waals surface area contributed by atoms with Gasteiger partial charge < -0.3 is 44.2 Å². The number of aromatic hydroxyl groups is 1. The van der Waals surface area contributed by atoms with Gasteiger partial charge in [-0.1, -0.05) is 6.07 Å². The van der Waals surface area contributed by atoms with Gasteiger partial charge in [0, 0.05) is 48.0 Å². The lowest BCUT2D eigenvalue weighted by molar-refractivity contribution is -0.123. The van der Waals surface area contributed by atoms with Crippen LogP contribution in [0.3, 0.4) is 0 Å². The molecule has 6 rings (SSSR count). The molecule has 1 fully saturated rings. The Kier molecular flexibility index (Phi) is 9.45. The molecule has 0 saturated carbocycles. The first kappa shape index (κ1) is 35.4. The second kappa shape index (κ2) is 13.4. The summed E-state index contributed by atoms with van der Waals surface area (Å²) in [6.07, 6.45) is 0.232. The minimum Gasteiger partial charge on any atom is -0.507 e. The number of hydrogen-bond acceptors (Lipinski definition) is 12. The van der Waals surface area contributed by atoms with Crippen LogP contribution in [0.4, 0.5) is 4.79 Å². The third kappa shape index (κ3) is 5.91. The highest BCUT2D eigenvalue weighted by atomic mass is 16.7. The van der Waals surface area contributed by atoms with Crippen LogP contribution in [-0.2, 0) is 27.1 Å². The highest BCUT2D eigenvalue weighted by Crippen LogP contribution is 2.58. The van der Waals surface area contributed by atoms with Crippen molar-refractivity contribution >= 4 is 12.0 Å². The third-order valence-corrected chi connectivity index (χ3v) is 10.2. The van der Waals surface area contributed by atoms with Gasteiger partial charge in [-0.2, -0.15) is 5.26 Å². The fraction of sp³-hybridized carbons (Fsp3) is 0.583. The Hall–Kier alpha value is -4.45. The van der Waals surface area contributed by atoms with E-state index in [1.165, 1.54) is 0 Å². The van der Waals surface area contributed by atoms with Crippen LogP contribution in [0.2, 0.25) is 0 Å². The molecular formula is C36H47N5O9. The zero-order valence-corrected chi connectivity index (χ0v) is 30.1. The number of likely N-dealkylation sites (N-methyl/N-ethyl adjacent to an activating group) is 1. The van der Waals surface area contributed by atoms with Gasteiger partial charge in [0.05, 0.1) is 25.3 Å². The molecule has 4 aliphatic heterocycles. The van der Waals surface area contributed by atoms with Crippen molar-refractivity contribution in [3.05, 3.63) is 39.4 Å². The summed E-state index contributed by atoms with van der Waals surface area (Å²) in [5, 5.41) is 28.2. The summed E-state index contributed by atoms with van der Waals surface area (Å²) in [5.41, 5.74) is 4.08. The molecule has 0 radical (unpaired) electrons. The van der Waals surface area contributed by atoms with Gasteiger partial charge in [-0.15, -0.1) is 0 Å². The molecular weight excluding hydrogens is 646 g/mol. The van der Waals surface area contributed by atoms with Crippen LogP contribution >= 0.6 is 0 Å². The van der Waals surface area contributed by atoms with Gasteiger partial charge in [-0.3, -0.25) is 14.6 Å². The Morgan fingerprint density at radius 2 is 1.84 bits per heavy atom. The first-order chi connectivity index (χ1) is 23.7. The SMILES string of the molecule is COCOc1c(OC)c(C)cc2c1[C@H]1C3Cc4c(O)c(C)c5c(c4[C@H](CNC(=O)[C@H](C)NC(=O)OC(C)(C)C)N3[C@@H](C#N)[C@@H](C2)N1C)OCO5. The maximum Gasteiger partial charge on any atom is 0.408 e. The van der Waals surface area contributed by atoms with Crippen molar-refractivity contribution in [1.82, 2.24) is 20.4 Å². The molecule has 6 atom stereocenters. The summed E-state index contributed by atoms with van der Waals surface area (Å²) >= 11 is 0. The summed E-state index contributed by atoms with van der Waals surface area (Å²) in [4.78, 5) is 30.4. The first-order valence-electron chi connectivity index (χ1n) is 16.8. The Labute approximate surface area is 292 Å². The molecule has 0 spiro atoms. The number of nitriles is 1. The van der Waals surface area contributed by atoms with E-state index in [0.29, 0.717) is 52.5 Å². The lowest BCUT2D eigenvalue weighted by Crippen LogP contribution is -2.69. The molecule has 2 aromatic rings. The smallest absolute Gasteiger partial charge is 0.408 e. The normalized spacial score (nSPS) is 24.2. The van der Waals surface area contributed by atoms with Crippen LogP contribution in [0.25, 0.3) is 0 Å². The molecule has 1 saturated heterocycles. The molecule has 4 aliphatic rings. The van der Waals surface area contributed by atoms with Crippen LogP contribution in [-0.4, -0.2) is 98.1 Å². The van der Waals surface area contributed by atoms with E-state index in [4.69, 9.17) is 28.4 Å². The van der Waals surface area contributed by atoms with Crippen LogP contribution in [0.5, 0.6) is 28.7 Å². The van der Waals surface area contributed by atoms with Gasteiger partial charge in [0.2, 0.25) is 12.7 Å². The molecule has 270 valence electrons. The van der Waals surface area contributed by atoms with Crippen LogP contribution < -0.4 is 29.6 Å². The third-order valence-electron chi connectivity index (χ3n) is 10.2. The zero-order valence-electron chi connectivity index (χ0n) is 30.1. The Morgan fingerprint density at radius 3 is 2.50 bits per heavy atom. The summed E-state index contributed by atoms with van der Waals surface area (Å²) in [7, 11) is 5.20. The number of methoxy groups -OCH3 is 2. The number of carbonyl (C=O) groups excluding carboxylic acids is 2. The molecule has 2 aromatic carbocycles. The van der Waals surface area contributed by atoms with Gasteiger partial charge in [-0.05, 0) is 72.6 Å². The number of alkyl carbamates (subject to hydrolysis) is 1. The summed E-state index contributed by atoms with van der Waals surface area (Å²) < 4.78 is 34.7. The van der Waals surface area contributed by atoms with E-state index in [9.17, 15) is 20.0 Å². The zero-order chi connectivity index (χ0) is 36.2. The standard InChI is InChI=1S/C36H47N5O9/c1-17-10-20-11-22-24(13-37)41-23(28(40(22)7)26(20)32(30(17)46-9)47-15-45-8)12-21-27(33-31(48-16-49-33)18(2)29(21)42)25(41)14-38-34(43)19(3)39-35(44)50-36(4,5)6/h10,19,22-25,28,42H,11-12,14-16H2,1-9H3,(H,38,43)(H,39,44)/t19-,22+,23?,24-,25-,28+/m0/s1. The van der Waals surface area contributed by atoms with Gasteiger partial charge in [0.15, 0.2) is 29.8 Å². The fourth-order valence-electron chi connectivity index (χ4n) is 8.18. The van der Waals surface area contributed by atoms with E-state index in [0.717, 1.165) is 16.7 Å². The number of nitrogens with zero attached hydrogens (tertiary/aromatic N) is 3. The lowest BCUT2D eigenvalue weighted by atomic mass is 9.71. The van der Waals surface area contributed by atoms with Crippen molar-refractivity contribution in [2.75, 3.05) is 41.4 Å². The van der Waals surface area contributed by atoms with Gasteiger partial charge in [-0.25, -0.2) is 4.79 Å². The maximum absolute atomic E-state index is 13.5. The van der Waals surface area contributed by atoms with E-state index in [1.807, 2.05) is 14.0 Å². The van der Waals surface area contributed by atoms with Gasteiger partial charge >= 0.3 is 6.09 Å². The average Bonchev–Trinajstić information content (AvgIpc) is 3.54. The molecule has 14 nitrogen and oxygen atoms in total. The number of benzene rings is 2. The van der Waals surface area contributed by atoms with Gasteiger partial charge in [0.25, 0.3) is 0 Å². The molecule has 2 amide bonds. The van der Waals surface area contributed by atoms with Crippen LogP contribution in [0.1, 0.15) is 73.2 Å². The monoisotopic (exact) mass is 693 g/mol. The number of hydrogen-bond donors (Lipinski definition) is 3. The molecule has 50 heavy (non-hydrogen) atoms. The minimum atomic E-state index is -0.915. The lowest BCUT2D eigenvalue weighted by Gasteiger charge is -2.60. The fourth-order valence-corrected chi connectivity index (χ4v) is 8.18. The highest BCUT2D eigenvalue weighted by Gasteiger charge is 2.57. The molecule has 4 heterocycles. The van der Waals surface area contributed by atoms with Crippen molar-refractivity contribution in [3.8, 4) is 34.8 Å². The Balaban J connectivity index is 1.46. The predicted octanol–water partition coefficient (Wildman–Crippen LogP) is 3.53. The Bertz CT molecular complexity index is 1730. The summed E-state index contributed by atoms with van der Waals surface area (Å²) in [6.45, 7) is 10.6. The highest BCUT2D eigenvalue weighted by molar-refractivity contribution is 5.85. The van der Waals surface area contributed by atoms with Crippen LogP contribution in [0.15, 0.2) is 6.07 Å². The number of nitrogens with one attached hydrogen (secondary N) is 2. The number of fused-ring (bicyclic) bond motifs is 9. The number of amides is 2. The second-order valence-corrected chi connectivity index (χ2v) is 14.4. The number of phenols is 1. The second-order valence-electron chi connectivity index (χ2n) is 14.4. The van der Waals surface area contributed by atoms with E-state index >= 15 is 0 Å². The van der Waals surface area contributed by atoms with E-state index in [2.05, 4.69) is 32.6 Å². The van der Waals surface area contributed by atoms with Crippen molar-refractivity contribution in [1.29, 1.82) is 5.26 Å². The minimum absolute atomic E-state index is 0.0117. The molecule has 3 N–H and O–H groups in total. The van der Waals surface area contributed by atoms with Crippen molar-refractivity contribution in [2.24, 2.45) is 0 Å². The average molecular weight is 694 g/mol. The Morgan fingerprint density at radius 1 is 1.12 bits per heavy atom. The van der Waals surface area contributed by atoms with E-state index in [1.54, 1.807) is 48.8 Å². The topological polar surface area (TPSA) is 164 Å². The van der Waals surface area contributed by atoms with Crippen LogP contribution in [0, 0.1) is 25.2 Å². The van der Waals surface area contributed by atoms with Gasteiger partial charge in [0.1, 0.15) is 23.4 Å². The predicted molar refractivity (Wildman–Crippen MR) is 181 cm³/mol. The van der Waals surface area contributed by atoms with E-state index < -0.39 is 35.7 Å². The number of piperazine rings is 1. The van der Waals surface area contributed by atoms with Crippen molar-refractivity contribution in [3.63, 3.8) is 0 Å². The number of rotatable bonds is 8. The van der Waals surface area contributed by atoms with E-state index in [-0.39, 0.29) is 44.0 Å². The molecule has 0 aliphatic carbocycles. The molecule has 0 aromatic heterocycles. The quantitative estimate of drug-likeness (QED) is 0.345. The largest absolute Gasteiger partial charge is 0.507 e. The number of ether oxygens (including phenoxy) is 6. The maximum atomic E-state index is 13.5. The molecule has 1 unspecified atom stereocenters. The summed E-state index contributed by atoms with van der Waals surface area (Å²) in [6, 6.07) is 1.73. The molecule has 2 bridgehead atoms. The molecule has 14 heteroatoms. The number of phenolic OH excluding ortho intramolecular Hbond substituents is 1. The first-order valence-corrected chi connectivity index (χ1v) is 16.8. The number of carbonyl (C=O) groups is 2.